The summed E-state index contributed by atoms with van der Waals surface area (Å²) < 4.78 is 6.69. The molecule has 4 aromatic rings. The first-order valence-electron chi connectivity index (χ1n) is 6.62. The molecule has 1 N–H and O–H groups in total. The maximum atomic E-state index is 10.1. The van der Waals surface area contributed by atoms with Crippen molar-refractivity contribution in [2.75, 3.05) is 0 Å². The lowest BCUT2D eigenvalue weighted by Crippen LogP contribution is -1.76. The summed E-state index contributed by atoms with van der Waals surface area (Å²) in [5.74, 6) is 0.227. The molecule has 3 heteroatoms. The molecule has 0 spiro atoms. The van der Waals surface area contributed by atoms with Crippen LogP contribution in [0.15, 0.2) is 69.6 Å². The van der Waals surface area contributed by atoms with Crippen LogP contribution < -0.4 is 0 Å². The highest BCUT2D eigenvalue weighted by atomic mass is 79.9. The molecule has 102 valence electrons. The Morgan fingerprint density at radius 2 is 1.62 bits per heavy atom. The lowest BCUT2D eigenvalue weighted by molar-refractivity contribution is 0.481. The van der Waals surface area contributed by atoms with E-state index in [9.17, 15) is 5.11 Å². The molecule has 21 heavy (non-hydrogen) atoms. The Balaban J connectivity index is 2.01. The predicted molar refractivity (Wildman–Crippen MR) is 88.5 cm³/mol. The minimum absolute atomic E-state index is 0.227. The molecular formula is C18H11BrO2. The second-order valence-corrected chi connectivity index (χ2v) is 5.89. The van der Waals surface area contributed by atoms with E-state index in [1.54, 1.807) is 6.07 Å². The number of fused-ring (bicyclic) bond motifs is 3. The summed E-state index contributed by atoms with van der Waals surface area (Å²) in [6.45, 7) is 0. The van der Waals surface area contributed by atoms with Gasteiger partial charge in [-0.2, -0.15) is 0 Å². The zero-order valence-electron chi connectivity index (χ0n) is 11.0. The topological polar surface area (TPSA) is 33.4 Å². The minimum atomic E-state index is 0.227. The third-order valence-electron chi connectivity index (χ3n) is 3.62. The lowest BCUT2D eigenvalue weighted by atomic mass is 10.0. The van der Waals surface area contributed by atoms with Crippen LogP contribution in [-0.2, 0) is 0 Å². The summed E-state index contributed by atoms with van der Waals surface area (Å²) >= 11 is 3.37. The molecule has 0 aliphatic carbocycles. The summed E-state index contributed by atoms with van der Waals surface area (Å²) in [4.78, 5) is 0. The molecule has 0 saturated carbocycles. The minimum Gasteiger partial charge on any atom is -0.507 e. The number of hydrogen-bond donors (Lipinski definition) is 1. The van der Waals surface area contributed by atoms with Crippen molar-refractivity contribution in [2.45, 2.75) is 0 Å². The van der Waals surface area contributed by atoms with Crippen LogP contribution in [0.25, 0.3) is 33.1 Å². The van der Waals surface area contributed by atoms with Crippen molar-refractivity contribution in [3.05, 3.63) is 65.1 Å². The van der Waals surface area contributed by atoms with Gasteiger partial charge in [-0.3, -0.25) is 0 Å². The molecule has 0 fully saturated rings. The van der Waals surface area contributed by atoms with E-state index in [2.05, 4.69) is 28.1 Å². The van der Waals surface area contributed by atoms with E-state index < -0.39 is 0 Å². The molecule has 0 unspecified atom stereocenters. The Bertz CT molecular complexity index is 955. The van der Waals surface area contributed by atoms with Gasteiger partial charge in [-0.15, -0.1) is 0 Å². The van der Waals surface area contributed by atoms with Gasteiger partial charge in [-0.05, 0) is 35.4 Å². The fourth-order valence-electron chi connectivity index (χ4n) is 2.66. The van der Waals surface area contributed by atoms with Gasteiger partial charge < -0.3 is 9.52 Å². The largest absolute Gasteiger partial charge is 0.507 e. The fraction of sp³-hybridized carbons (Fsp3) is 0. The summed E-state index contributed by atoms with van der Waals surface area (Å²) in [5, 5.41) is 11.8. The number of phenolic OH excluding ortho intramolecular Hbond substituents is 1. The van der Waals surface area contributed by atoms with Crippen molar-refractivity contribution < 1.29 is 9.52 Å². The molecule has 3 aromatic carbocycles. The number of rotatable bonds is 1. The van der Waals surface area contributed by atoms with Crippen LogP contribution in [0, 0.1) is 0 Å². The molecule has 0 saturated heterocycles. The van der Waals surface area contributed by atoms with Crippen molar-refractivity contribution in [3.63, 3.8) is 0 Å². The first-order valence-corrected chi connectivity index (χ1v) is 7.42. The monoisotopic (exact) mass is 338 g/mol. The Morgan fingerprint density at radius 1 is 0.810 bits per heavy atom. The van der Waals surface area contributed by atoms with E-state index in [4.69, 9.17) is 4.42 Å². The van der Waals surface area contributed by atoms with Crippen molar-refractivity contribution in [1.29, 1.82) is 0 Å². The normalized spacial score (nSPS) is 11.3. The fourth-order valence-corrected chi connectivity index (χ4v) is 3.09. The average Bonchev–Trinajstić information content (AvgIpc) is 2.85. The third kappa shape index (κ3) is 2.01. The maximum absolute atomic E-state index is 10.1. The molecule has 0 aliphatic heterocycles. The van der Waals surface area contributed by atoms with E-state index in [0.29, 0.717) is 5.58 Å². The van der Waals surface area contributed by atoms with Gasteiger partial charge in [0.1, 0.15) is 16.9 Å². The summed E-state index contributed by atoms with van der Waals surface area (Å²) in [6.07, 6.45) is 0. The van der Waals surface area contributed by atoms with Crippen LogP contribution in [0.5, 0.6) is 5.75 Å². The van der Waals surface area contributed by atoms with E-state index in [1.165, 1.54) is 0 Å². The van der Waals surface area contributed by atoms with Gasteiger partial charge in [0, 0.05) is 9.86 Å². The molecule has 1 aromatic heterocycles. The van der Waals surface area contributed by atoms with Gasteiger partial charge in [0.15, 0.2) is 0 Å². The second kappa shape index (κ2) is 4.64. The van der Waals surface area contributed by atoms with Gasteiger partial charge in [0.25, 0.3) is 0 Å². The molecule has 4 rings (SSSR count). The van der Waals surface area contributed by atoms with E-state index in [-0.39, 0.29) is 5.75 Å². The van der Waals surface area contributed by atoms with Crippen molar-refractivity contribution in [1.82, 2.24) is 0 Å². The van der Waals surface area contributed by atoms with Crippen LogP contribution in [0.3, 0.4) is 0 Å². The summed E-state index contributed by atoms with van der Waals surface area (Å²) in [7, 11) is 0. The zero-order valence-corrected chi connectivity index (χ0v) is 12.6. The number of halogens is 1. The van der Waals surface area contributed by atoms with Crippen molar-refractivity contribution >= 4 is 37.9 Å². The van der Waals surface area contributed by atoms with Crippen LogP contribution in [0.2, 0.25) is 0 Å². The first-order chi connectivity index (χ1) is 10.2. The van der Waals surface area contributed by atoms with Crippen LogP contribution in [0.1, 0.15) is 0 Å². The van der Waals surface area contributed by atoms with Crippen LogP contribution in [0.4, 0.5) is 0 Å². The van der Waals surface area contributed by atoms with Gasteiger partial charge in [0.2, 0.25) is 0 Å². The highest BCUT2D eigenvalue weighted by Gasteiger charge is 2.12. The highest BCUT2D eigenvalue weighted by molar-refractivity contribution is 9.10. The standard InChI is InChI=1S/C18H11BrO2/c19-13-9-15(20)18-14-7-6-12(11-4-2-1-3-5-11)8-16(14)21-17(18)10-13/h1-10,20H. The number of benzene rings is 3. The lowest BCUT2D eigenvalue weighted by Gasteiger charge is -2.01. The Morgan fingerprint density at radius 3 is 2.43 bits per heavy atom. The Hall–Kier alpha value is -2.26. The maximum Gasteiger partial charge on any atom is 0.140 e. The SMILES string of the molecule is Oc1cc(Br)cc2oc3cc(-c4ccccc4)ccc3c12. The number of furan rings is 1. The van der Waals surface area contributed by atoms with Gasteiger partial charge in [0.05, 0.1) is 5.39 Å². The molecule has 2 nitrogen and oxygen atoms in total. The molecule has 0 atom stereocenters. The smallest absolute Gasteiger partial charge is 0.140 e. The predicted octanol–water partition coefficient (Wildman–Crippen LogP) is 5.72. The quantitative estimate of drug-likeness (QED) is 0.481. The van der Waals surface area contributed by atoms with Gasteiger partial charge in [-0.1, -0.05) is 52.3 Å². The molecule has 1 heterocycles. The van der Waals surface area contributed by atoms with E-state index >= 15 is 0 Å². The average molecular weight is 339 g/mol. The highest BCUT2D eigenvalue weighted by Crippen LogP contribution is 2.38. The number of aromatic hydroxyl groups is 1. The molecule has 0 aliphatic rings. The molecule has 0 amide bonds. The van der Waals surface area contributed by atoms with Crippen molar-refractivity contribution in [3.8, 4) is 16.9 Å². The van der Waals surface area contributed by atoms with Crippen LogP contribution in [-0.4, -0.2) is 5.11 Å². The zero-order chi connectivity index (χ0) is 14.4. The second-order valence-electron chi connectivity index (χ2n) is 4.98. The summed E-state index contributed by atoms with van der Waals surface area (Å²) in [6, 6.07) is 19.8. The summed E-state index contributed by atoms with van der Waals surface area (Å²) in [5.41, 5.74) is 3.70. The third-order valence-corrected chi connectivity index (χ3v) is 4.08. The Kier molecular flexibility index (Phi) is 2.76. The van der Waals surface area contributed by atoms with Gasteiger partial charge >= 0.3 is 0 Å². The van der Waals surface area contributed by atoms with E-state index in [0.717, 1.165) is 32.0 Å². The molecular weight excluding hydrogens is 328 g/mol. The van der Waals surface area contributed by atoms with Gasteiger partial charge in [-0.25, -0.2) is 0 Å². The number of hydrogen-bond acceptors (Lipinski definition) is 2. The van der Waals surface area contributed by atoms with Crippen molar-refractivity contribution in [2.24, 2.45) is 0 Å². The Labute approximate surface area is 129 Å². The first kappa shape index (κ1) is 12.5. The van der Waals surface area contributed by atoms with Crippen LogP contribution >= 0.6 is 15.9 Å². The molecule has 0 bridgehead atoms. The number of phenols is 1. The molecule has 0 radical (unpaired) electrons. The van der Waals surface area contributed by atoms with E-state index in [1.807, 2.05) is 42.5 Å².